The molecule has 0 fully saturated rings. The van der Waals surface area contributed by atoms with E-state index in [1.807, 2.05) is 6.92 Å². The second-order valence-corrected chi connectivity index (χ2v) is 9.19. The van der Waals surface area contributed by atoms with Crippen LogP contribution in [0.25, 0.3) is 0 Å². The van der Waals surface area contributed by atoms with E-state index in [0.717, 1.165) is 5.56 Å². The maximum absolute atomic E-state index is 12.7. The molecule has 0 radical (unpaired) electrons. The molecule has 0 aliphatic rings. The Kier molecular flexibility index (Phi) is 7.67. The Bertz CT molecular complexity index is 1280. The van der Waals surface area contributed by atoms with E-state index in [2.05, 4.69) is 26.5 Å². The van der Waals surface area contributed by atoms with Gasteiger partial charge in [0, 0.05) is 12.1 Å². The normalized spacial score (nSPS) is 11.4. The quantitative estimate of drug-likeness (QED) is 0.172. The molecule has 0 aliphatic carbocycles. The molecule has 9 nitrogen and oxygen atoms in total. The van der Waals surface area contributed by atoms with Crippen LogP contribution in [0.5, 0.6) is 11.5 Å². The average molecular weight is 534 g/mol. The Morgan fingerprint density at radius 3 is 2.39 bits per heavy atom. The first-order valence-electron chi connectivity index (χ1n) is 9.70. The summed E-state index contributed by atoms with van der Waals surface area (Å²) in [6, 6.07) is 15.3. The van der Waals surface area contributed by atoms with Crippen LogP contribution < -0.4 is 14.3 Å². The van der Waals surface area contributed by atoms with E-state index in [0.29, 0.717) is 15.7 Å². The van der Waals surface area contributed by atoms with E-state index in [4.69, 9.17) is 8.92 Å². The van der Waals surface area contributed by atoms with Crippen molar-refractivity contribution in [1.82, 2.24) is 0 Å². The first-order chi connectivity index (χ1) is 15.7. The summed E-state index contributed by atoms with van der Waals surface area (Å²) in [7, 11) is -4.07. The van der Waals surface area contributed by atoms with Gasteiger partial charge in [0.25, 0.3) is 5.69 Å². The lowest BCUT2D eigenvalue weighted by atomic mass is 10.2. The molecule has 0 aromatic heterocycles. The number of nitrogens with zero attached hydrogens (tertiary/aromatic N) is 2. The minimum absolute atomic E-state index is 0.0222. The molecule has 0 atom stereocenters. The monoisotopic (exact) mass is 533 g/mol. The standard InChI is InChI=1S/C22H20BrN3O6S/c1-3-31-21-13-16(14-24-25-17-6-8-18(9-7-17)26(27)28)12-20(23)22(21)32-33(29,30)19-10-4-15(2)5-11-19/h4-14,25H,3H2,1-2H3/b24-14-. The molecule has 0 saturated heterocycles. The molecule has 172 valence electrons. The molecule has 1 N–H and O–H groups in total. The molecule has 11 heteroatoms. The third-order valence-corrected chi connectivity index (χ3v) is 6.14. The molecule has 0 unspecified atom stereocenters. The third kappa shape index (κ3) is 6.30. The number of nitro groups is 1. The zero-order valence-corrected chi connectivity index (χ0v) is 20.1. The number of aryl methyl sites for hydroxylation is 1. The first kappa shape index (κ1) is 24.2. The van der Waals surface area contributed by atoms with Crippen LogP contribution in [0.4, 0.5) is 11.4 Å². The first-order valence-corrected chi connectivity index (χ1v) is 11.9. The number of benzene rings is 3. The molecule has 0 spiro atoms. The number of non-ortho nitro benzene ring substituents is 1. The number of ether oxygens (including phenoxy) is 1. The van der Waals surface area contributed by atoms with E-state index >= 15 is 0 Å². The fourth-order valence-corrected chi connectivity index (χ4v) is 4.31. The number of hydrazone groups is 1. The van der Waals surface area contributed by atoms with Crippen molar-refractivity contribution in [3.05, 3.63) is 86.4 Å². The fourth-order valence-electron chi connectivity index (χ4n) is 2.71. The Hall–Kier alpha value is -3.44. The maximum Gasteiger partial charge on any atom is 0.339 e. The van der Waals surface area contributed by atoms with Gasteiger partial charge in [0.1, 0.15) is 4.90 Å². The Balaban J connectivity index is 1.82. The third-order valence-electron chi connectivity index (χ3n) is 4.32. The fraction of sp³-hybridized carbons (Fsp3) is 0.136. The number of rotatable bonds is 9. The molecule has 0 aliphatic heterocycles. The minimum Gasteiger partial charge on any atom is -0.490 e. The van der Waals surface area contributed by atoms with Gasteiger partial charge in [-0.15, -0.1) is 0 Å². The lowest BCUT2D eigenvalue weighted by Crippen LogP contribution is -2.11. The topological polar surface area (TPSA) is 120 Å². The lowest BCUT2D eigenvalue weighted by molar-refractivity contribution is -0.384. The second-order valence-electron chi connectivity index (χ2n) is 6.79. The molecular weight excluding hydrogens is 514 g/mol. The second kappa shape index (κ2) is 10.5. The van der Waals surface area contributed by atoms with Crippen molar-refractivity contribution in [3.8, 4) is 11.5 Å². The summed E-state index contributed by atoms with van der Waals surface area (Å²) < 4.78 is 36.8. The van der Waals surface area contributed by atoms with Gasteiger partial charge in [-0.05, 0) is 71.7 Å². The summed E-state index contributed by atoms with van der Waals surface area (Å²) >= 11 is 3.35. The van der Waals surface area contributed by atoms with Crippen molar-refractivity contribution in [2.45, 2.75) is 18.7 Å². The van der Waals surface area contributed by atoms with Gasteiger partial charge in [-0.2, -0.15) is 13.5 Å². The maximum atomic E-state index is 12.7. The van der Waals surface area contributed by atoms with Gasteiger partial charge >= 0.3 is 10.1 Å². The van der Waals surface area contributed by atoms with Crippen molar-refractivity contribution in [2.24, 2.45) is 5.10 Å². The highest BCUT2D eigenvalue weighted by Gasteiger charge is 2.22. The van der Waals surface area contributed by atoms with E-state index in [9.17, 15) is 18.5 Å². The van der Waals surface area contributed by atoms with Gasteiger partial charge in [-0.1, -0.05) is 17.7 Å². The van der Waals surface area contributed by atoms with Crippen LogP contribution in [0.1, 0.15) is 18.1 Å². The predicted octanol–water partition coefficient (Wildman–Crippen LogP) is 5.28. The largest absolute Gasteiger partial charge is 0.490 e. The van der Waals surface area contributed by atoms with E-state index in [-0.39, 0.29) is 28.7 Å². The van der Waals surface area contributed by atoms with E-state index in [1.165, 1.54) is 42.6 Å². The summed E-state index contributed by atoms with van der Waals surface area (Å²) in [4.78, 5) is 10.3. The molecule has 3 aromatic carbocycles. The number of hydrogen-bond acceptors (Lipinski definition) is 8. The highest BCUT2D eigenvalue weighted by Crippen LogP contribution is 2.38. The van der Waals surface area contributed by atoms with Gasteiger partial charge < -0.3 is 8.92 Å². The molecule has 0 heterocycles. The number of nitro benzene ring substituents is 1. The smallest absolute Gasteiger partial charge is 0.339 e. The summed E-state index contributed by atoms with van der Waals surface area (Å²) in [5.41, 5.74) is 4.83. The SMILES string of the molecule is CCOc1cc(/C=N\Nc2ccc([N+](=O)[O-])cc2)cc(Br)c1OS(=O)(=O)c1ccc(C)cc1. The van der Waals surface area contributed by atoms with Gasteiger partial charge in [-0.3, -0.25) is 15.5 Å². The Labute approximate surface area is 199 Å². The molecule has 0 saturated carbocycles. The molecule has 33 heavy (non-hydrogen) atoms. The van der Waals surface area contributed by atoms with Gasteiger partial charge in [-0.25, -0.2) is 0 Å². The van der Waals surface area contributed by atoms with Crippen molar-refractivity contribution >= 4 is 43.6 Å². The Morgan fingerprint density at radius 1 is 1.12 bits per heavy atom. The van der Waals surface area contributed by atoms with Crippen LogP contribution in [-0.2, 0) is 10.1 Å². The highest BCUT2D eigenvalue weighted by atomic mass is 79.9. The van der Waals surface area contributed by atoms with Gasteiger partial charge in [0.15, 0.2) is 11.5 Å². The van der Waals surface area contributed by atoms with Crippen LogP contribution in [0, 0.1) is 17.0 Å². The van der Waals surface area contributed by atoms with Crippen LogP contribution in [-0.4, -0.2) is 26.2 Å². The zero-order chi connectivity index (χ0) is 24.0. The summed E-state index contributed by atoms with van der Waals surface area (Å²) in [6.45, 7) is 3.91. The van der Waals surface area contributed by atoms with Crippen molar-refractivity contribution < 1.29 is 22.3 Å². The summed E-state index contributed by atoms with van der Waals surface area (Å²) in [6.07, 6.45) is 1.49. The van der Waals surface area contributed by atoms with Crippen molar-refractivity contribution in [3.63, 3.8) is 0 Å². The zero-order valence-electron chi connectivity index (χ0n) is 17.7. The van der Waals surface area contributed by atoms with Crippen LogP contribution >= 0.6 is 15.9 Å². The summed E-state index contributed by atoms with van der Waals surface area (Å²) in [5.74, 6) is 0.247. The van der Waals surface area contributed by atoms with E-state index in [1.54, 1.807) is 31.2 Å². The molecular formula is C22H20BrN3O6S. The summed E-state index contributed by atoms with van der Waals surface area (Å²) in [5, 5.41) is 14.8. The van der Waals surface area contributed by atoms with Crippen LogP contribution in [0.3, 0.4) is 0 Å². The number of hydrogen-bond donors (Lipinski definition) is 1. The lowest BCUT2D eigenvalue weighted by Gasteiger charge is -2.14. The van der Waals surface area contributed by atoms with Crippen LogP contribution in [0.15, 0.2) is 75.1 Å². The molecule has 0 amide bonds. The Morgan fingerprint density at radius 2 is 1.79 bits per heavy atom. The predicted molar refractivity (Wildman–Crippen MR) is 129 cm³/mol. The number of anilines is 1. The molecule has 0 bridgehead atoms. The van der Waals surface area contributed by atoms with Gasteiger partial charge in [0.2, 0.25) is 0 Å². The number of halogens is 1. The van der Waals surface area contributed by atoms with E-state index < -0.39 is 15.0 Å². The highest BCUT2D eigenvalue weighted by molar-refractivity contribution is 9.10. The molecule has 3 aromatic rings. The van der Waals surface area contributed by atoms with Crippen LogP contribution in [0.2, 0.25) is 0 Å². The molecule has 3 rings (SSSR count). The van der Waals surface area contributed by atoms with Crippen molar-refractivity contribution in [1.29, 1.82) is 0 Å². The minimum atomic E-state index is -4.07. The number of nitrogens with one attached hydrogen (secondary N) is 1. The van der Waals surface area contributed by atoms with Gasteiger partial charge in [0.05, 0.1) is 27.9 Å². The average Bonchev–Trinajstić information content (AvgIpc) is 2.77. The van der Waals surface area contributed by atoms with Crippen molar-refractivity contribution in [2.75, 3.05) is 12.0 Å².